The van der Waals surface area contributed by atoms with Crippen molar-refractivity contribution in [3.8, 4) is 0 Å². The molecule has 0 unspecified atom stereocenters. The molecule has 3 rings (SSSR count). The average molecular weight is 476 g/mol. The predicted molar refractivity (Wildman–Crippen MR) is 117 cm³/mol. The molecule has 0 fully saturated rings. The molecule has 0 saturated carbocycles. The molecule has 0 bridgehead atoms. The lowest BCUT2D eigenvalue weighted by Gasteiger charge is -2.17. The molecule has 1 aromatic heterocycles. The van der Waals surface area contributed by atoms with Crippen LogP contribution in [-0.2, 0) is 11.3 Å². The van der Waals surface area contributed by atoms with Crippen LogP contribution in [0.5, 0.6) is 0 Å². The normalized spacial score (nSPS) is 10.6. The number of benzene rings is 2. The molecular weight excluding hydrogens is 456 g/mol. The quantitative estimate of drug-likeness (QED) is 0.576. The van der Waals surface area contributed by atoms with Gasteiger partial charge in [0.25, 0.3) is 5.91 Å². The first-order chi connectivity index (χ1) is 13.9. The Kier molecular flexibility index (Phi) is 6.71. The van der Waals surface area contributed by atoms with E-state index in [0.717, 1.165) is 10.0 Å². The Labute approximate surface area is 182 Å². The molecule has 0 aliphatic carbocycles. The highest BCUT2D eigenvalue weighted by atomic mass is 79.9. The minimum absolute atomic E-state index is 0.111. The van der Waals surface area contributed by atoms with E-state index in [1.165, 1.54) is 4.90 Å². The van der Waals surface area contributed by atoms with Crippen LogP contribution in [0, 0.1) is 6.92 Å². The number of aromatic nitrogens is 2. The average Bonchev–Trinajstić information content (AvgIpc) is 2.97. The van der Waals surface area contributed by atoms with Gasteiger partial charge in [-0.1, -0.05) is 54.1 Å². The van der Waals surface area contributed by atoms with Gasteiger partial charge in [0.05, 0.1) is 30.0 Å². The monoisotopic (exact) mass is 474 g/mol. The number of carbonyl (C=O) groups excluding carboxylic acids is 2. The van der Waals surface area contributed by atoms with Gasteiger partial charge in [-0.25, -0.2) is 4.68 Å². The van der Waals surface area contributed by atoms with Crippen molar-refractivity contribution in [3.05, 3.63) is 81.0 Å². The molecule has 29 heavy (non-hydrogen) atoms. The number of hydrogen-bond acceptors (Lipinski definition) is 3. The highest BCUT2D eigenvalue weighted by Gasteiger charge is 2.24. The molecule has 6 nitrogen and oxygen atoms in total. The zero-order valence-electron chi connectivity index (χ0n) is 16.0. The van der Waals surface area contributed by atoms with Gasteiger partial charge in [-0.15, -0.1) is 0 Å². The lowest BCUT2D eigenvalue weighted by molar-refractivity contribution is -0.116. The van der Waals surface area contributed by atoms with Crippen LogP contribution >= 0.6 is 27.5 Å². The van der Waals surface area contributed by atoms with Crippen molar-refractivity contribution < 1.29 is 9.59 Å². The summed E-state index contributed by atoms with van der Waals surface area (Å²) in [6, 6.07) is 17.0. The first-order valence-electron chi connectivity index (χ1n) is 8.93. The van der Waals surface area contributed by atoms with Crippen LogP contribution in [0.1, 0.15) is 21.6 Å². The van der Waals surface area contributed by atoms with Crippen molar-refractivity contribution in [2.24, 2.45) is 0 Å². The summed E-state index contributed by atoms with van der Waals surface area (Å²) in [6.45, 7) is 2.08. The molecule has 0 radical (unpaired) electrons. The Balaban J connectivity index is 1.71. The van der Waals surface area contributed by atoms with E-state index in [2.05, 4.69) is 26.3 Å². The lowest BCUT2D eigenvalue weighted by Crippen LogP contribution is -2.35. The van der Waals surface area contributed by atoms with E-state index in [0.29, 0.717) is 23.5 Å². The van der Waals surface area contributed by atoms with Gasteiger partial charge in [0.2, 0.25) is 5.91 Å². The minimum Gasteiger partial charge on any atom is -0.332 e. The van der Waals surface area contributed by atoms with Crippen molar-refractivity contribution in [1.29, 1.82) is 0 Å². The number of carbonyl (C=O) groups is 2. The van der Waals surface area contributed by atoms with Gasteiger partial charge in [-0.3, -0.25) is 9.59 Å². The number of anilines is 1. The highest BCUT2D eigenvalue weighted by Crippen LogP contribution is 2.23. The summed E-state index contributed by atoms with van der Waals surface area (Å²) < 4.78 is 2.36. The third-order valence-corrected chi connectivity index (χ3v) is 5.41. The minimum atomic E-state index is -0.353. The van der Waals surface area contributed by atoms with Crippen LogP contribution in [0.4, 0.5) is 5.69 Å². The van der Waals surface area contributed by atoms with Crippen LogP contribution in [-0.4, -0.2) is 40.1 Å². The number of rotatable bonds is 6. The zero-order chi connectivity index (χ0) is 21.0. The fourth-order valence-corrected chi connectivity index (χ4v) is 3.59. The summed E-state index contributed by atoms with van der Waals surface area (Å²) >= 11 is 9.83. The van der Waals surface area contributed by atoms with Gasteiger partial charge in [0, 0.05) is 11.5 Å². The van der Waals surface area contributed by atoms with E-state index >= 15 is 0 Å². The van der Waals surface area contributed by atoms with Crippen molar-refractivity contribution in [3.63, 3.8) is 0 Å². The SMILES string of the molecule is Cc1nn(Cc2ccccc2)c(Cl)c1C(=O)N(C)CC(=O)Nc1ccccc1Br. The molecule has 0 spiro atoms. The lowest BCUT2D eigenvalue weighted by atomic mass is 10.2. The maximum Gasteiger partial charge on any atom is 0.259 e. The topological polar surface area (TPSA) is 67.2 Å². The van der Waals surface area contributed by atoms with E-state index in [-0.39, 0.29) is 23.5 Å². The largest absolute Gasteiger partial charge is 0.332 e. The fraction of sp³-hybridized carbons (Fsp3) is 0.190. The molecule has 2 amide bonds. The first-order valence-corrected chi connectivity index (χ1v) is 10.1. The summed E-state index contributed by atoms with van der Waals surface area (Å²) in [5.41, 5.74) is 2.49. The highest BCUT2D eigenvalue weighted by molar-refractivity contribution is 9.10. The number of hydrogen-bond donors (Lipinski definition) is 1. The summed E-state index contributed by atoms with van der Waals surface area (Å²) in [4.78, 5) is 26.6. The summed E-state index contributed by atoms with van der Waals surface area (Å²) in [6.07, 6.45) is 0. The van der Waals surface area contributed by atoms with Crippen molar-refractivity contribution in [2.75, 3.05) is 18.9 Å². The summed E-state index contributed by atoms with van der Waals surface area (Å²) in [5, 5.41) is 7.44. The number of amides is 2. The molecule has 150 valence electrons. The molecular formula is C21H20BrClN4O2. The first kappa shape index (κ1) is 21.1. The molecule has 0 aliphatic rings. The molecule has 0 atom stereocenters. The van der Waals surface area contributed by atoms with E-state index < -0.39 is 0 Å². The fourth-order valence-electron chi connectivity index (χ4n) is 2.89. The molecule has 2 aromatic carbocycles. The maximum atomic E-state index is 12.9. The number of aryl methyl sites for hydroxylation is 1. The Bertz CT molecular complexity index is 1040. The Hall–Kier alpha value is -2.64. The van der Waals surface area contributed by atoms with Crippen molar-refractivity contribution in [2.45, 2.75) is 13.5 Å². The Morgan fingerprint density at radius 1 is 1.14 bits per heavy atom. The summed E-state index contributed by atoms with van der Waals surface area (Å²) in [7, 11) is 1.56. The van der Waals surface area contributed by atoms with Crippen LogP contribution in [0.15, 0.2) is 59.1 Å². The smallest absolute Gasteiger partial charge is 0.259 e. The van der Waals surface area contributed by atoms with Crippen LogP contribution in [0.2, 0.25) is 5.15 Å². The Morgan fingerprint density at radius 3 is 2.48 bits per heavy atom. The van der Waals surface area contributed by atoms with Crippen molar-refractivity contribution in [1.82, 2.24) is 14.7 Å². The number of likely N-dealkylation sites (N-methyl/N-ethyl adjacent to an activating group) is 1. The third-order valence-electron chi connectivity index (χ3n) is 4.33. The molecule has 8 heteroatoms. The number of halogens is 2. The van der Waals surface area contributed by atoms with Gasteiger partial charge in [0.15, 0.2) is 0 Å². The van der Waals surface area contributed by atoms with Gasteiger partial charge in [-0.05, 0) is 40.5 Å². The third kappa shape index (κ3) is 5.05. The second-order valence-corrected chi connectivity index (χ2v) is 7.80. The van der Waals surface area contributed by atoms with E-state index in [9.17, 15) is 9.59 Å². The Morgan fingerprint density at radius 2 is 1.79 bits per heavy atom. The standard InChI is InChI=1S/C21H20BrClN4O2/c1-14-19(20(23)27(25-14)12-15-8-4-3-5-9-15)21(29)26(2)13-18(28)24-17-11-7-6-10-16(17)22/h3-11H,12-13H2,1-2H3,(H,24,28). The van der Waals surface area contributed by atoms with Crippen LogP contribution in [0.3, 0.4) is 0 Å². The van der Waals surface area contributed by atoms with E-state index in [4.69, 9.17) is 11.6 Å². The van der Waals surface area contributed by atoms with E-state index in [1.54, 1.807) is 24.7 Å². The number of nitrogens with one attached hydrogen (secondary N) is 1. The molecule has 1 heterocycles. The van der Waals surface area contributed by atoms with Gasteiger partial charge in [-0.2, -0.15) is 5.10 Å². The predicted octanol–water partition coefficient (Wildman–Crippen LogP) is 4.37. The van der Waals surface area contributed by atoms with Gasteiger partial charge >= 0.3 is 0 Å². The van der Waals surface area contributed by atoms with Crippen LogP contribution < -0.4 is 5.32 Å². The second-order valence-electron chi connectivity index (χ2n) is 6.58. The van der Waals surface area contributed by atoms with E-state index in [1.807, 2.05) is 48.5 Å². The number of para-hydroxylation sites is 1. The summed E-state index contributed by atoms with van der Waals surface area (Å²) in [5.74, 6) is -0.660. The van der Waals surface area contributed by atoms with Gasteiger partial charge < -0.3 is 10.2 Å². The van der Waals surface area contributed by atoms with Crippen molar-refractivity contribution >= 4 is 45.0 Å². The zero-order valence-corrected chi connectivity index (χ0v) is 18.4. The molecule has 0 aliphatic heterocycles. The van der Waals surface area contributed by atoms with Gasteiger partial charge in [0.1, 0.15) is 5.15 Å². The molecule has 1 N–H and O–H groups in total. The molecule has 0 saturated heterocycles. The number of nitrogens with zero attached hydrogens (tertiary/aromatic N) is 3. The maximum absolute atomic E-state index is 12.9. The second kappa shape index (κ2) is 9.24. The molecule has 3 aromatic rings. The van der Waals surface area contributed by atoms with Crippen LogP contribution in [0.25, 0.3) is 0 Å².